The Hall–Kier alpha value is -3.76. The first-order chi connectivity index (χ1) is 17.9. The lowest BCUT2D eigenvalue weighted by atomic mass is 9.72. The fourth-order valence-electron chi connectivity index (χ4n) is 5.23. The molecule has 1 heterocycles. The molecule has 1 aliphatic carbocycles. The summed E-state index contributed by atoms with van der Waals surface area (Å²) < 4.78 is 27.1. The molecule has 0 radical (unpaired) electrons. The van der Waals surface area contributed by atoms with E-state index in [4.69, 9.17) is 0 Å². The Morgan fingerprint density at radius 2 is 1.68 bits per heavy atom. The second kappa shape index (κ2) is 10.7. The number of nitriles is 1. The second-order valence-electron chi connectivity index (χ2n) is 10.3. The van der Waals surface area contributed by atoms with E-state index in [2.05, 4.69) is 45.9 Å². The SMILES string of the molecule is N#Cc1cccc(-c2ccc(C3(CNC(=O)Nc4cc(F)cc(F)c4)CCN(CC4CC4)CC3)cc2)c1. The van der Waals surface area contributed by atoms with Crippen molar-refractivity contribution in [2.45, 2.75) is 31.1 Å². The predicted molar refractivity (Wildman–Crippen MR) is 140 cm³/mol. The molecule has 5 rings (SSSR count). The molecule has 0 spiro atoms. The first-order valence-corrected chi connectivity index (χ1v) is 12.8. The summed E-state index contributed by atoms with van der Waals surface area (Å²) in [6, 6.07) is 20.6. The molecule has 0 bridgehead atoms. The Labute approximate surface area is 216 Å². The van der Waals surface area contributed by atoms with Crippen LogP contribution < -0.4 is 10.6 Å². The van der Waals surface area contributed by atoms with Crippen molar-refractivity contribution in [2.75, 3.05) is 31.5 Å². The third kappa shape index (κ3) is 6.15. The maximum atomic E-state index is 13.5. The Kier molecular flexibility index (Phi) is 7.20. The number of nitrogens with zero attached hydrogens (tertiary/aromatic N) is 2. The molecule has 2 fully saturated rings. The number of halogens is 2. The van der Waals surface area contributed by atoms with Gasteiger partial charge in [-0.05, 0) is 85.6 Å². The van der Waals surface area contributed by atoms with E-state index in [0.717, 1.165) is 73.3 Å². The quantitative estimate of drug-likeness (QED) is 0.414. The molecule has 0 unspecified atom stereocenters. The average Bonchev–Trinajstić information content (AvgIpc) is 3.72. The van der Waals surface area contributed by atoms with Crippen molar-refractivity contribution in [2.24, 2.45) is 5.92 Å². The van der Waals surface area contributed by atoms with Crippen LogP contribution in [0.2, 0.25) is 0 Å². The van der Waals surface area contributed by atoms with E-state index in [1.54, 1.807) is 6.07 Å². The highest BCUT2D eigenvalue weighted by molar-refractivity contribution is 5.89. The molecule has 2 N–H and O–H groups in total. The van der Waals surface area contributed by atoms with Crippen molar-refractivity contribution >= 4 is 11.7 Å². The van der Waals surface area contributed by atoms with E-state index in [-0.39, 0.29) is 11.1 Å². The number of likely N-dealkylation sites (tertiary alicyclic amines) is 1. The highest BCUT2D eigenvalue weighted by Gasteiger charge is 2.38. The number of carbonyl (C=O) groups excluding carboxylic acids is 1. The molecule has 3 aromatic rings. The van der Waals surface area contributed by atoms with Gasteiger partial charge in [-0.25, -0.2) is 13.6 Å². The number of hydrogen-bond donors (Lipinski definition) is 2. The number of amides is 2. The number of rotatable bonds is 7. The van der Waals surface area contributed by atoms with Crippen LogP contribution in [0, 0.1) is 28.9 Å². The van der Waals surface area contributed by atoms with Gasteiger partial charge < -0.3 is 15.5 Å². The molecule has 7 heteroatoms. The zero-order valence-corrected chi connectivity index (χ0v) is 20.6. The highest BCUT2D eigenvalue weighted by atomic mass is 19.1. The van der Waals surface area contributed by atoms with Crippen LogP contribution in [0.15, 0.2) is 66.7 Å². The van der Waals surface area contributed by atoms with E-state index in [9.17, 15) is 18.8 Å². The van der Waals surface area contributed by atoms with Gasteiger partial charge in [-0.1, -0.05) is 36.4 Å². The molecule has 3 aromatic carbocycles. The summed E-state index contributed by atoms with van der Waals surface area (Å²) in [6.07, 6.45) is 4.44. The van der Waals surface area contributed by atoms with Crippen molar-refractivity contribution in [3.8, 4) is 17.2 Å². The van der Waals surface area contributed by atoms with Gasteiger partial charge in [0.05, 0.1) is 11.6 Å². The number of hydrogen-bond acceptors (Lipinski definition) is 3. The predicted octanol–water partition coefficient (Wildman–Crippen LogP) is 6.07. The highest BCUT2D eigenvalue weighted by Crippen LogP contribution is 2.38. The van der Waals surface area contributed by atoms with Gasteiger partial charge in [-0.2, -0.15) is 5.26 Å². The van der Waals surface area contributed by atoms with Crippen LogP contribution >= 0.6 is 0 Å². The molecule has 2 aliphatic rings. The number of benzene rings is 3. The van der Waals surface area contributed by atoms with Crippen LogP contribution in [0.3, 0.4) is 0 Å². The molecule has 5 nitrogen and oxygen atoms in total. The zero-order chi connectivity index (χ0) is 25.8. The van der Waals surface area contributed by atoms with Crippen LogP contribution in [-0.4, -0.2) is 37.1 Å². The van der Waals surface area contributed by atoms with Crippen LogP contribution in [0.25, 0.3) is 11.1 Å². The Balaban J connectivity index is 1.32. The van der Waals surface area contributed by atoms with Gasteiger partial charge >= 0.3 is 6.03 Å². The summed E-state index contributed by atoms with van der Waals surface area (Å²) in [4.78, 5) is 15.2. The third-order valence-corrected chi connectivity index (χ3v) is 7.56. The molecular weight excluding hydrogens is 470 g/mol. The zero-order valence-electron chi connectivity index (χ0n) is 20.6. The van der Waals surface area contributed by atoms with Gasteiger partial charge in [0.25, 0.3) is 0 Å². The minimum absolute atomic E-state index is 0.0762. The maximum Gasteiger partial charge on any atom is 0.319 e. The number of nitrogens with one attached hydrogen (secondary N) is 2. The Morgan fingerprint density at radius 3 is 2.32 bits per heavy atom. The fourth-order valence-corrected chi connectivity index (χ4v) is 5.23. The molecule has 1 saturated carbocycles. The topological polar surface area (TPSA) is 68.2 Å². The maximum absolute atomic E-state index is 13.5. The molecule has 0 atom stereocenters. The molecular formula is C30H30F2N4O. The molecule has 1 saturated heterocycles. The van der Waals surface area contributed by atoms with Crippen molar-refractivity contribution in [1.29, 1.82) is 5.26 Å². The van der Waals surface area contributed by atoms with Gasteiger partial charge in [0.2, 0.25) is 0 Å². The number of piperidine rings is 1. The third-order valence-electron chi connectivity index (χ3n) is 7.56. The fraction of sp³-hybridized carbons (Fsp3) is 0.333. The summed E-state index contributed by atoms with van der Waals surface area (Å²) in [5, 5.41) is 14.7. The average molecular weight is 501 g/mol. The lowest BCUT2D eigenvalue weighted by Crippen LogP contribution is -2.50. The molecule has 0 aromatic heterocycles. The largest absolute Gasteiger partial charge is 0.337 e. The standard InChI is InChI=1S/C30H30F2N4O/c31-26-15-27(32)17-28(16-26)35-29(37)34-20-30(10-12-36(13-11-30)19-21-4-5-21)25-8-6-23(7-9-25)24-3-1-2-22(14-24)18-33/h1-3,6-9,14-17,21H,4-5,10-13,19-20H2,(H2,34,35,37). The van der Waals surface area contributed by atoms with E-state index >= 15 is 0 Å². The van der Waals surface area contributed by atoms with Gasteiger partial charge in [-0.15, -0.1) is 0 Å². The minimum atomic E-state index is -0.741. The Bertz CT molecular complexity index is 1290. The number of carbonyl (C=O) groups is 1. The monoisotopic (exact) mass is 500 g/mol. The van der Waals surface area contributed by atoms with Crippen molar-refractivity contribution in [3.63, 3.8) is 0 Å². The normalized spacial score (nSPS) is 17.1. The summed E-state index contributed by atoms with van der Waals surface area (Å²) in [6.45, 7) is 3.47. The number of anilines is 1. The van der Waals surface area contributed by atoms with Crippen molar-refractivity contribution in [1.82, 2.24) is 10.2 Å². The Morgan fingerprint density at radius 1 is 0.973 bits per heavy atom. The van der Waals surface area contributed by atoms with Crippen LogP contribution in [0.1, 0.15) is 36.8 Å². The summed E-state index contributed by atoms with van der Waals surface area (Å²) in [5.41, 5.74) is 3.61. The molecule has 37 heavy (non-hydrogen) atoms. The van der Waals surface area contributed by atoms with E-state index < -0.39 is 17.7 Å². The van der Waals surface area contributed by atoms with E-state index in [1.807, 2.05) is 18.2 Å². The lowest BCUT2D eigenvalue weighted by Gasteiger charge is -2.42. The van der Waals surface area contributed by atoms with Crippen molar-refractivity contribution < 1.29 is 13.6 Å². The molecule has 190 valence electrons. The molecule has 2 amide bonds. The van der Waals surface area contributed by atoms with Gasteiger partial charge in [-0.3, -0.25) is 0 Å². The van der Waals surface area contributed by atoms with Crippen LogP contribution in [0.5, 0.6) is 0 Å². The van der Waals surface area contributed by atoms with Crippen molar-refractivity contribution in [3.05, 3.63) is 89.5 Å². The van der Waals surface area contributed by atoms with Crippen LogP contribution in [0.4, 0.5) is 19.3 Å². The van der Waals surface area contributed by atoms with E-state index in [1.165, 1.54) is 12.8 Å². The van der Waals surface area contributed by atoms with Gasteiger partial charge in [0, 0.05) is 30.3 Å². The smallest absolute Gasteiger partial charge is 0.319 e. The second-order valence-corrected chi connectivity index (χ2v) is 10.3. The number of urea groups is 1. The minimum Gasteiger partial charge on any atom is -0.337 e. The summed E-state index contributed by atoms with van der Waals surface area (Å²) >= 11 is 0. The first-order valence-electron chi connectivity index (χ1n) is 12.8. The molecule has 1 aliphatic heterocycles. The van der Waals surface area contributed by atoms with Crippen LogP contribution in [-0.2, 0) is 5.41 Å². The van der Waals surface area contributed by atoms with Gasteiger partial charge in [0.1, 0.15) is 11.6 Å². The van der Waals surface area contributed by atoms with E-state index in [0.29, 0.717) is 12.1 Å². The summed E-state index contributed by atoms with van der Waals surface area (Å²) in [5.74, 6) is -0.656. The van der Waals surface area contributed by atoms with Gasteiger partial charge in [0.15, 0.2) is 0 Å². The lowest BCUT2D eigenvalue weighted by molar-refractivity contribution is 0.152. The summed E-state index contributed by atoms with van der Waals surface area (Å²) in [7, 11) is 0. The first kappa shape index (κ1) is 24.9.